The molecule has 0 amide bonds. The molecule has 0 saturated carbocycles. The maximum atomic E-state index is 2.36. The lowest BCUT2D eigenvalue weighted by atomic mass is 10.1. The summed E-state index contributed by atoms with van der Waals surface area (Å²) in [7, 11) is 0. The van der Waals surface area contributed by atoms with Gasteiger partial charge >= 0.3 is 0 Å². The van der Waals surface area contributed by atoms with Crippen molar-refractivity contribution in [3.05, 3.63) is 157 Å². The standard InChI is InChI=1S/C32H28N2/c1-5-13-29(14-6-1)33(30-15-7-2-8-16-30)25-27-21-23-28(24-22-27)26-34(31-17-9-3-10-18-31)32-19-11-4-12-20-32/h1-24H,25-26H2. The molecule has 0 aliphatic carbocycles. The van der Waals surface area contributed by atoms with Crippen LogP contribution in [0.1, 0.15) is 11.1 Å². The van der Waals surface area contributed by atoms with E-state index in [1.54, 1.807) is 0 Å². The third kappa shape index (κ3) is 5.19. The molecule has 0 bridgehead atoms. The van der Waals surface area contributed by atoms with E-state index in [0.29, 0.717) is 0 Å². The fourth-order valence-electron chi connectivity index (χ4n) is 4.21. The van der Waals surface area contributed by atoms with Crippen LogP contribution in [0, 0.1) is 0 Å². The second-order valence-corrected chi connectivity index (χ2v) is 8.33. The summed E-state index contributed by atoms with van der Waals surface area (Å²) >= 11 is 0. The number of hydrogen-bond acceptors (Lipinski definition) is 2. The summed E-state index contributed by atoms with van der Waals surface area (Å²) in [6.45, 7) is 1.63. The SMILES string of the molecule is c1ccc(N(Cc2ccc(CN(c3ccccc3)c3ccccc3)cc2)c2ccccc2)cc1. The van der Waals surface area contributed by atoms with Crippen LogP contribution in [0.5, 0.6) is 0 Å². The summed E-state index contributed by atoms with van der Waals surface area (Å²) in [6, 6.07) is 51.3. The smallest absolute Gasteiger partial charge is 0.0481 e. The van der Waals surface area contributed by atoms with Gasteiger partial charge < -0.3 is 9.80 Å². The van der Waals surface area contributed by atoms with E-state index < -0.39 is 0 Å². The second kappa shape index (κ2) is 10.5. The molecule has 0 fully saturated rings. The van der Waals surface area contributed by atoms with Gasteiger partial charge in [0.05, 0.1) is 0 Å². The van der Waals surface area contributed by atoms with Crippen LogP contribution in [-0.4, -0.2) is 0 Å². The minimum atomic E-state index is 0.815. The molecule has 0 aliphatic rings. The van der Waals surface area contributed by atoms with Crippen molar-refractivity contribution in [2.75, 3.05) is 9.80 Å². The first-order valence-corrected chi connectivity index (χ1v) is 11.7. The molecule has 0 radical (unpaired) electrons. The highest BCUT2D eigenvalue weighted by Gasteiger charge is 2.12. The van der Waals surface area contributed by atoms with Gasteiger partial charge in [0.15, 0.2) is 0 Å². The monoisotopic (exact) mass is 440 g/mol. The van der Waals surface area contributed by atoms with Crippen LogP contribution in [0.2, 0.25) is 0 Å². The van der Waals surface area contributed by atoms with Gasteiger partial charge in [-0.3, -0.25) is 0 Å². The molecule has 0 unspecified atom stereocenters. The second-order valence-electron chi connectivity index (χ2n) is 8.33. The fourth-order valence-corrected chi connectivity index (χ4v) is 4.21. The third-order valence-corrected chi connectivity index (χ3v) is 5.98. The molecular formula is C32H28N2. The summed E-state index contributed by atoms with van der Waals surface area (Å²) < 4.78 is 0. The topological polar surface area (TPSA) is 6.48 Å². The highest BCUT2D eigenvalue weighted by molar-refractivity contribution is 5.64. The molecule has 2 heteroatoms. The van der Waals surface area contributed by atoms with Gasteiger partial charge in [0.25, 0.3) is 0 Å². The number of rotatable bonds is 8. The van der Waals surface area contributed by atoms with Crippen LogP contribution in [-0.2, 0) is 13.1 Å². The normalized spacial score (nSPS) is 10.6. The van der Waals surface area contributed by atoms with Crippen molar-refractivity contribution in [1.82, 2.24) is 0 Å². The molecule has 34 heavy (non-hydrogen) atoms. The Morgan fingerprint density at radius 3 is 0.765 bits per heavy atom. The highest BCUT2D eigenvalue weighted by Crippen LogP contribution is 2.29. The number of hydrogen-bond donors (Lipinski definition) is 0. The minimum Gasteiger partial charge on any atom is -0.337 e. The molecule has 0 spiro atoms. The Kier molecular flexibility index (Phi) is 6.68. The number of benzene rings is 5. The Labute approximate surface area is 202 Å². The Morgan fingerprint density at radius 2 is 0.529 bits per heavy atom. The van der Waals surface area contributed by atoms with E-state index in [-0.39, 0.29) is 0 Å². The van der Waals surface area contributed by atoms with E-state index in [9.17, 15) is 0 Å². The molecule has 166 valence electrons. The molecule has 5 aromatic rings. The molecule has 0 N–H and O–H groups in total. The quantitative estimate of drug-likeness (QED) is 0.239. The van der Waals surface area contributed by atoms with Crippen LogP contribution < -0.4 is 9.80 Å². The number of nitrogens with zero attached hydrogens (tertiary/aromatic N) is 2. The Balaban J connectivity index is 1.38. The highest BCUT2D eigenvalue weighted by atomic mass is 15.1. The Hall–Kier alpha value is -4.30. The van der Waals surface area contributed by atoms with Gasteiger partial charge in [0.2, 0.25) is 0 Å². The minimum absolute atomic E-state index is 0.815. The Bertz CT molecular complexity index is 1090. The predicted octanol–water partition coefficient (Wildman–Crippen LogP) is 8.36. The maximum Gasteiger partial charge on any atom is 0.0481 e. The van der Waals surface area contributed by atoms with Crippen molar-refractivity contribution in [2.24, 2.45) is 0 Å². The van der Waals surface area contributed by atoms with Crippen LogP contribution in [0.3, 0.4) is 0 Å². The van der Waals surface area contributed by atoms with E-state index in [1.165, 1.54) is 33.9 Å². The van der Waals surface area contributed by atoms with Crippen molar-refractivity contribution in [3.63, 3.8) is 0 Å². The first-order chi connectivity index (χ1) is 16.9. The van der Waals surface area contributed by atoms with Crippen LogP contribution in [0.25, 0.3) is 0 Å². The molecule has 0 atom stereocenters. The lowest BCUT2D eigenvalue weighted by Crippen LogP contribution is -2.17. The first kappa shape index (κ1) is 21.5. The van der Waals surface area contributed by atoms with Gasteiger partial charge in [-0.2, -0.15) is 0 Å². The molecule has 5 aromatic carbocycles. The van der Waals surface area contributed by atoms with Crippen molar-refractivity contribution < 1.29 is 0 Å². The fraction of sp³-hybridized carbons (Fsp3) is 0.0625. The molecular weight excluding hydrogens is 412 g/mol. The van der Waals surface area contributed by atoms with Crippen molar-refractivity contribution in [2.45, 2.75) is 13.1 Å². The summed E-state index contributed by atoms with van der Waals surface area (Å²) in [5, 5.41) is 0. The van der Waals surface area contributed by atoms with Crippen LogP contribution in [0.15, 0.2) is 146 Å². The lowest BCUT2D eigenvalue weighted by Gasteiger charge is -2.26. The molecule has 0 saturated heterocycles. The van der Waals surface area contributed by atoms with Crippen LogP contribution in [0.4, 0.5) is 22.7 Å². The number of anilines is 4. The average Bonchev–Trinajstić information content (AvgIpc) is 2.93. The average molecular weight is 441 g/mol. The zero-order valence-corrected chi connectivity index (χ0v) is 19.2. The van der Waals surface area contributed by atoms with E-state index in [2.05, 4.69) is 155 Å². The van der Waals surface area contributed by atoms with E-state index in [0.717, 1.165) is 13.1 Å². The van der Waals surface area contributed by atoms with E-state index in [1.807, 2.05) is 0 Å². The summed E-state index contributed by atoms with van der Waals surface area (Å²) in [6.07, 6.45) is 0. The van der Waals surface area contributed by atoms with Crippen LogP contribution >= 0.6 is 0 Å². The van der Waals surface area contributed by atoms with Gasteiger partial charge in [-0.1, -0.05) is 97.1 Å². The van der Waals surface area contributed by atoms with Gasteiger partial charge in [-0.15, -0.1) is 0 Å². The maximum absolute atomic E-state index is 2.36. The molecule has 0 aliphatic heterocycles. The summed E-state index contributed by atoms with van der Waals surface area (Å²) in [5.74, 6) is 0. The summed E-state index contributed by atoms with van der Waals surface area (Å²) in [4.78, 5) is 4.71. The molecule has 2 nitrogen and oxygen atoms in total. The largest absolute Gasteiger partial charge is 0.337 e. The zero-order valence-electron chi connectivity index (χ0n) is 19.2. The van der Waals surface area contributed by atoms with Crippen molar-refractivity contribution >= 4 is 22.7 Å². The Morgan fingerprint density at radius 1 is 0.294 bits per heavy atom. The first-order valence-electron chi connectivity index (χ1n) is 11.7. The molecule has 0 heterocycles. The van der Waals surface area contributed by atoms with Gasteiger partial charge in [-0.05, 0) is 59.7 Å². The lowest BCUT2D eigenvalue weighted by molar-refractivity contribution is 0.954. The van der Waals surface area contributed by atoms with Gasteiger partial charge in [0, 0.05) is 35.8 Å². The number of para-hydroxylation sites is 4. The van der Waals surface area contributed by atoms with Gasteiger partial charge in [0.1, 0.15) is 0 Å². The van der Waals surface area contributed by atoms with Crippen molar-refractivity contribution in [1.29, 1.82) is 0 Å². The predicted molar refractivity (Wildman–Crippen MR) is 144 cm³/mol. The van der Waals surface area contributed by atoms with E-state index >= 15 is 0 Å². The van der Waals surface area contributed by atoms with E-state index in [4.69, 9.17) is 0 Å². The third-order valence-electron chi connectivity index (χ3n) is 5.98. The van der Waals surface area contributed by atoms with Gasteiger partial charge in [-0.25, -0.2) is 0 Å². The zero-order chi connectivity index (χ0) is 23.0. The molecule has 0 aromatic heterocycles. The molecule has 5 rings (SSSR count). The summed E-state index contributed by atoms with van der Waals surface area (Å²) in [5.41, 5.74) is 7.33. The van der Waals surface area contributed by atoms with Crippen molar-refractivity contribution in [3.8, 4) is 0 Å².